The molecule has 13 heavy (non-hydrogen) atoms. The summed E-state index contributed by atoms with van der Waals surface area (Å²) in [5.74, 6) is -0.151. The molecule has 0 amide bonds. The summed E-state index contributed by atoms with van der Waals surface area (Å²) in [7, 11) is 0. The minimum atomic E-state index is -0.964. The van der Waals surface area contributed by atoms with E-state index >= 15 is 0 Å². The van der Waals surface area contributed by atoms with E-state index in [0.717, 1.165) is 0 Å². The van der Waals surface area contributed by atoms with Crippen LogP contribution in [0.5, 0.6) is 0 Å². The summed E-state index contributed by atoms with van der Waals surface area (Å²) in [5, 5.41) is 25.7. The Bertz CT molecular complexity index is 313. The van der Waals surface area contributed by atoms with Gasteiger partial charge >= 0.3 is 5.82 Å². The van der Waals surface area contributed by atoms with Gasteiger partial charge in [0.25, 0.3) is 0 Å². The maximum Gasteiger partial charge on any atom is 0.345 e. The number of H-pyrrole nitrogens is 1. The van der Waals surface area contributed by atoms with E-state index in [1.165, 1.54) is 6.20 Å². The molecule has 0 aliphatic carbocycles. The third-order valence-corrected chi connectivity index (χ3v) is 1.50. The zero-order valence-electron chi connectivity index (χ0n) is 7.44. The maximum atomic E-state index is 10.4. The lowest BCUT2D eigenvalue weighted by atomic mass is 10.0. The van der Waals surface area contributed by atoms with Crippen molar-refractivity contribution in [2.45, 2.75) is 25.9 Å². The predicted molar refractivity (Wildman–Crippen MR) is 45.2 cm³/mol. The molecule has 6 nitrogen and oxygen atoms in total. The van der Waals surface area contributed by atoms with Crippen LogP contribution in [-0.2, 0) is 6.42 Å². The van der Waals surface area contributed by atoms with Crippen LogP contribution in [-0.4, -0.2) is 25.8 Å². The van der Waals surface area contributed by atoms with Crippen molar-refractivity contribution in [1.82, 2.24) is 10.2 Å². The minimum Gasteiger partial charge on any atom is -0.390 e. The first-order chi connectivity index (χ1) is 5.90. The van der Waals surface area contributed by atoms with Gasteiger partial charge in [-0.25, -0.2) is 0 Å². The molecule has 0 aliphatic heterocycles. The van der Waals surface area contributed by atoms with Crippen LogP contribution in [0.4, 0.5) is 5.82 Å². The van der Waals surface area contributed by atoms with Gasteiger partial charge in [-0.15, -0.1) is 5.10 Å². The molecule has 1 heterocycles. The minimum absolute atomic E-state index is 0.151. The summed E-state index contributed by atoms with van der Waals surface area (Å²) in [4.78, 5) is 9.87. The first-order valence-corrected chi connectivity index (χ1v) is 3.79. The Labute approximate surface area is 74.7 Å². The molecule has 2 N–H and O–H groups in total. The van der Waals surface area contributed by atoms with E-state index in [2.05, 4.69) is 10.2 Å². The van der Waals surface area contributed by atoms with Crippen molar-refractivity contribution in [3.05, 3.63) is 21.9 Å². The fourth-order valence-corrected chi connectivity index (χ4v) is 1.06. The molecule has 0 bridgehead atoms. The van der Waals surface area contributed by atoms with Gasteiger partial charge in [0.05, 0.1) is 17.4 Å². The van der Waals surface area contributed by atoms with Crippen molar-refractivity contribution in [3.8, 4) is 0 Å². The maximum absolute atomic E-state index is 10.4. The van der Waals surface area contributed by atoms with E-state index in [9.17, 15) is 15.2 Å². The smallest absolute Gasteiger partial charge is 0.345 e. The Morgan fingerprint density at radius 1 is 1.77 bits per heavy atom. The Morgan fingerprint density at radius 3 is 2.85 bits per heavy atom. The Kier molecular flexibility index (Phi) is 2.33. The lowest BCUT2D eigenvalue weighted by Gasteiger charge is -2.14. The first-order valence-electron chi connectivity index (χ1n) is 3.79. The third-order valence-electron chi connectivity index (χ3n) is 1.50. The molecule has 0 spiro atoms. The summed E-state index contributed by atoms with van der Waals surface area (Å²) < 4.78 is 0. The number of aromatic amines is 1. The van der Waals surface area contributed by atoms with Gasteiger partial charge in [0.1, 0.15) is 0 Å². The van der Waals surface area contributed by atoms with Gasteiger partial charge in [-0.05, 0) is 18.8 Å². The van der Waals surface area contributed by atoms with Crippen LogP contribution in [0.2, 0.25) is 0 Å². The molecule has 0 aliphatic rings. The molecule has 0 radical (unpaired) electrons. The Morgan fingerprint density at radius 2 is 2.38 bits per heavy atom. The van der Waals surface area contributed by atoms with Gasteiger partial charge in [-0.1, -0.05) is 5.10 Å². The zero-order valence-corrected chi connectivity index (χ0v) is 7.44. The number of aromatic nitrogens is 2. The molecule has 0 saturated carbocycles. The number of hydrogen-bond acceptors (Lipinski definition) is 4. The highest BCUT2D eigenvalue weighted by molar-refractivity contribution is 5.30. The van der Waals surface area contributed by atoms with Crippen LogP contribution in [0.1, 0.15) is 19.4 Å². The molecular weight excluding hydrogens is 174 g/mol. The third kappa shape index (κ3) is 2.51. The van der Waals surface area contributed by atoms with E-state index in [1.807, 2.05) is 0 Å². The second kappa shape index (κ2) is 3.14. The van der Waals surface area contributed by atoms with Gasteiger partial charge in [0.2, 0.25) is 0 Å². The molecule has 0 unspecified atom stereocenters. The lowest BCUT2D eigenvalue weighted by molar-refractivity contribution is -0.390. The van der Waals surface area contributed by atoms with Crippen molar-refractivity contribution >= 4 is 5.82 Å². The second-order valence-corrected chi connectivity index (χ2v) is 3.49. The normalized spacial score (nSPS) is 11.6. The van der Waals surface area contributed by atoms with Gasteiger partial charge in [-0.2, -0.15) is 0 Å². The van der Waals surface area contributed by atoms with E-state index in [0.29, 0.717) is 5.56 Å². The highest BCUT2D eigenvalue weighted by atomic mass is 16.6. The monoisotopic (exact) mass is 185 g/mol. The van der Waals surface area contributed by atoms with Crippen LogP contribution in [0.25, 0.3) is 0 Å². The van der Waals surface area contributed by atoms with Crippen LogP contribution in [0.3, 0.4) is 0 Å². The van der Waals surface area contributed by atoms with Crippen molar-refractivity contribution in [3.63, 3.8) is 0 Å². The Balaban J connectivity index is 2.89. The molecule has 72 valence electrons. The molecule has 1 aromatic heterocycles. The summed E-state index contributed by atoms with van der Waals surface area (Å²) >= 11 is 0. The van der Waals surface area contributed by atoms with Gasteiger partial charge < -0.3 is 15.2 Å². The molecule has 1 rings (SSSR count). The number of nitrogens with zero attached hydrogens (tertiary/aromatic N) is 2. The van der Waals surface area contributed by atoms with E-state index in [-0.39, 0.29) is 12.2 Å². The fourth-order valence-electron chi connectivity index (χ4n) is 1.06. The van der Waals surface area contributed by atoms with E-state index in [4.69, 9.17) is 0 Å². The highest BCUT2D eigenvalue weighted by Gasteiger charge is 2.22. The van der Waals surface area contributed by atoms with Crippen LogP contribution in [0, 0.1) is 10.1 Å². The topological polar surface area (TPSA) is 92.1 Å². The molecular formula is C7H11N3O3. The summed E-state index contributed by atoms with van der Waals surface area (Å²) in [6.07, 6.45) is 1.57. The molecule has 0 saturated heterocycles. The van der Waals surface area contributed by atoms with E-state index < -0.39 is 10.5 Å². The van der Waals surface area contributed by atoms with Gasteiger partial charge in [0, 0.05) is 6.42 Å². The largest absolute Gasteiger partial charge is 0.390 e. The number of hydrogen-bond donors (Lipinski definition) is 2. The average Bonchev–Trinajstić information content (AvgIpc) is 2.31. The number of nitrogens with one attached hydrogen (secondary N) is 1. The van der Waals surface area contributed by atoms with E-state index in [1.54, 1.807) is 13.8 Å². The van der Waals surface area contributed by atoms with Crippen LogP contribution in [0.15, 0.2) is 6.20 Å². The SMILES string of the molecule is CC(C)(O)Cc1cn[nH]c1[N+](=O)[O-]. The van der Waals surface area contributed by atoms with Crippen LogP contribution >= 0.6 is 0 Å². The van der Waals surface area contributed by atoms with Crippen molar-refractivity contribution < 1.29 is 10.0 Å². The average molecular weight is 185 g/mol. The quantitative estimate of drug-likeness (QED) is 0.533. The van der Waals surface area contributed by atoms with Gasteiger partial charge in [-0.3, -0.25) is 0 Å². The number of aliphatic hydroxyl groups is 1. The molecule has 0 aromatic carbocycles. The molecule has 6 heteroatoms. The van der Waals surface area contributed by atoms with Gasteiger partial charge in [0.15, 0.2) is 0 Å². The van der Waals surface area contributed by atoms with Crippen molar-refractivity contribution in [1.29, 1.82) is 0 Å². The fraction of sp³-hybridized carbons (Fsp3) is 0.571. The Hall–Kier alpha value is -1.43. The molecule has 1 aromatic rings. The predicted octanol–water partition coefficient (Wildman–Crippen LogP) is 0.631. The first kappa shape index (κ1) is 9.66. The standard InChI is InChI=1S/C7H11N3O3/c1-7(2,11)3-5-4-8-9-6(5)10(12)13/h4,11H,3H2,1-2H3,(H,8,9). The second-order valence-electron chi connectivity index (χ2n) is 3.49. The molecule has 0 fully saturated rings. The van der Waals surface area contributed by atoms with Crippen molar-refractivity contribution in [2.75, 3.05) is 0 Å². The summed E-state index contributed by atoms with van der Waals surface area (Å²) in [6.45, 7) is 3.17. The summed E-state index contributed by atoms with van der Waals surface area (Å²) in [5.41, 5.74) is -0.549. The van der Waals surface area contributed by atoms with Crippen LogP contribution < -0.4 is 0 Å². The highest BCUT2D eigenvalue weighted by Crippen LogP contribution is 2.19. The number of rotatable bonds is 3. The number of nitro groups is 1. The zero-order chi connectivity index (χ0) is 10.1. The lowest BCUT2D eigenvalue weighted by Crippen LogP contribution is -2.22. The van der Waals surface area contributed by atoms with Crippen molar-refractivity contribution in [2.24, 2.45) is 0 Å². The summed E-state index contributed by atoms with van der Waals surface area (Å²) in [6, 6.07) is 0. The molecule has 0 atom stereocenters.